The number of carbonyl (C=O) groups is 1. The third kappa shape index (κ3) is 3.51. The molecular weight excluding hydrogens is 342 g/mol. The Bertz CT molecular complexity index is 613. The van der Waals surface area contributed by atoms with Gasteiger partial charge < -0.3 is 11.2 Å². The van der Waals surface area contributed by atoms with E-state index < -0.39 is 0 Å². The van der Waals surface area contributed by atoms with E-state index in [-0.39, 0.29) is 11.2 Å². The van der Waals surface area contributed by atoms with Crippen LogP contribution in [0.15, 0.2) is 33.9 Å². The molecule has 0 saturated heterocycles. The van der Waals surface area contributed by atoms with Crippen LogP contribution < -0.4 is 11.2 Å². The molecule has 0 fully saturated rings. The van der Waals surface area contributed by atoms with Gasteiger partial charge in [-0.25, -0.2) is 4.68 Å². The predicted molar refractivity (Wildman–Crippen MR) is 83.0 cm³/mol. The summed E-state index contributed by atoms with van der Waals surface area (Å²) in [6, 6.07) is 7.39. The van der Waals surface area contributed by atoms with Crippen LogP contribution in [0.3, 0.4) is 0 Å². The van der Waals surface area contributed by atoms with Crippen LogP contribution in [0.4, 0.5) is 5.69 Å². The number of nitrogens with zero attached hydrogens (tertiary/aromatic N) is 3. The summed E-state index contributed by atoms with van der Waals surface area (Å²) in [7, 11) is 0. The maximum atomic E-state index is 12.1. The van der Waals surface area contributed by atoms with Crippen molar-refractivity contribution in [2.24, 2.45) is 0 Å². The Morgan fingerprint density at radius 3 is 2.60 bits per heavy atom. The van der Waals surface area contributed by atoms with E-state index in [1.807, 2.05) is 24.3 Å². The van der Waals surface area contributed by atoms with E-state index >= 15 is 0 Å². The second kappa shape index (κ2) is 6.27. The Morgan fingerprint density at radius 1 is 1.40 bits per heavy atom. The highest BCUT2D eigenvalue weighted by molar-refractivity contribution is 9.10. The molecule has 0 aliphatic carbocycles. The van der Waals surface area contributed by atoms with Crippen LogP contribution in [0, 0.1) is 6.92 Å². The van der Waals surface area contributed by atoms with Gasteiger partial charge in [-0.05, 0) is 38.1 Å². The number of thioether (sulfide) groups is 1. The number of benzene rings is 1. The van der Waals surface area contributed by atoms with E-state index in [0.717, 1.165) is 10.2 Å². The number of amides is 1. The number of aryl methyl sites for hydroxylation is 1. The molecular formula is C12H14BrN5OS. The van der Waals surface area contributed by atoms with Crippen molar-refractivity contribution in [3.8, 4) is 0 Å². The van der Waals surface area contributed by atoms with Crippen LogP contribution in [0.5, 0.6) is 0 Å². The summed E-state index contributed by atoms with van der Waals surface area (Å²) in [6.45, 7) is 3.55. The number of nitrogen functional groups attached to an aromatic ring is 1. The summed E-state index contributed by atoms with van der Waals surface area (Å²) in [6.07, 6.45) is 0. The van der Waals surface area contributed by atoms with E-state index in [0.29, 0.717) is 11.0 Å². The van der Waals surface area contributed by atoms with Crippen molar-refractivity contribution in [1.29, 1.82) is 0 Å². The molecule has 6 nitrogen and oxygen atoms in total. The van der Waals surface area contributed by atoms with E-state index in [2.05, 4.69) is 31.4 Å². The summed E-state index contributed by atoms with van der Waals surface area (Å²) in [5, 5.41) is 10.8. The number of rotatable bonds is 4. The Morgan fingerprint density at radius 2 is 2.05 bits per heavy atom. The second-order valence-corrected chi connectivity index (χ2v) is 6.38. The molecule has 1 atom stereocenters. The minimum Gasteiger partial charge on any atom is -0.336 e. The van der Waals surface area contributed by atoms with Gasteiger partial charge in [-0.1, -0.05) is 27.7 Å². The number of hydrogen-bond donors (Lipinski definition) is 2. The summed E-state index contributed by atoms with van der Waals surface area (Å²) in [4.78, 5) is 12.1. The minimum absolute atomic E-state index is 0.113. The molecule has 1 amide bonds. The average Bonchev–Trinajstić information content (AvgIpc) is 2.73. The lowest BCUT2D eigenvalue weighted by atomic mass is 10.3. The molecule has 2 rings (SSSR count). The molecule has 20 heavy (non-hydrogen) atoms. The van der Waals surface area contributed by atoms with Crippen LogP contribution in [0.2, 0.25) is 0 Å². The van der Waals surface area contributed by atoms with Gasteiger partial charge in [0.1, 0.15) is 5.82 Å². The molecule has 1 aromatic heterocycles. The van der Waals surface area contributed by atoms with E-state index in [4.69, 9.17) is 5.84 Å². The van der Waals surface area contributed by atoms with E-state index in [1.54, 1.807) is 13.8 Å². The lowest BCUT2D eigenvalue weighted by molar-refractivity contribution is -0.115. The number of nitrogens with one attached hydrogen (secondary N) is 1. The molecule has 2 aromatic rings. The number of nitrogens with two attached hydrogens (primary N) is 1. The van der Waals surface area contributed by atoms with Crippen LogP contribution in [0.1, 0.15) is 12.7 Å². The van der Waals surface area contributed by atoms with Crippen molar-refractivity contribution >= 4 is 39.3 Å². The summed E-state index contributed by atoms with van der Waals surface area (Å²) < 4.78 is 2.33. The number of anilines is 1. The van der Waals surface area contributed by atoms with Gasteiger partial charge in [-0.3, -0.25) is 4.79 Å². The van der Waals surface area contributed by atoms with Crippen molar-refractivity contribution in [2.75, 3.05) is 11.2 Å². The van der Waals surface area contributed by atoms with Crippen molar-refractivity contribution in [3.63, 3.8) is 0 Å². The maximum absolute atomic E-state index is 12.1. The van der Waals surface area contributed by atoms with Crippen LogP contribution in [-0.2, 0) is 4.79 Å². The van der Waals surface area contributed by atoms with Crippen LogP contribution >= 0.6 is 27.7 Å². The molecule has 106 valence electrons. The van der Waals surface area contributed by atoms with Crippen LogP contribution in [0.25, 0.3) is 0 Å². The Labute approximate surface area is 129 Å². The maximum Gasteiger partial charge on any atom is 0.237 e. The highest BCUT2D eigenvalue weighted by Crippen LogP contribution is 2.22. The van der Waals surface area contributed by atoms with Gasteiger partial charge in [0.2, 0.25) is 11.1 Å². The number of halogens is 1. The molecule has 0 bridgehead atoms. The van der Waals surface area contributed by atoms with Crippen LogP contribution in [-0.4, -0.2) is 26.0 Å². The molecule has 0 spiro atoms. The van der Waals surface area contributed by atoms with Gasteiger partial charge in [-0.2, -0.15) is 0 Å². The molecule has 0 aliphatic rings. The first-order valence-electron chi connectivity index (χ1n) is 5.87. The van der Waals surface area contributed by atoms with Gasteiger partial charge in [0.05, 0.1) is 5.25 Å². The van der Waals surface area contributed by atoms with Gasteiger partial charge in [-0.15, -0.1) is 10.2 Å². The largest absolute Gasteiger partial charge is 0.336 e. The molecule has 3 N–H and O–H groups in total. The number of aromatic nitrogens is 3. The first-order chi connectivity index (χ1) is 9.47. The third-order valence-electron chi connectivity index (χ3n) is 2.60. The second-order valence-electron chi connectivity index (χ2n) is 4.16. The smallest absolute Gasteiger partial charge is 0.237 e. The summed E-state index contributed by atoms with van der Waals surface area (Å²) in [5.41, 5.74) is 0.746. The Kier molecular flexibility index (Phi) is 4.66. The zero-order chi connectivity index (χ0) is 14.7. The first kappa shape index (κ1) is 14.9. The summed E-state index contributed by atoms with van der Waals surface area (Å²) in [5.74, 6) is 6.25. The van der Waals surface area contributed by atoms with Gasteiger partial charge in [0.25, 0.3) is 0 Å². The molecule has 8 heteroatoms. The zero-order valence-electron chi connectivity index (χ0n) is 11.0. The molecule has 1 unspecified atom stereocenters. The fourth-order valence-corrected chi connectivity index (χ4v) is 2.50. The molecule has 0 saturated carbocycles. The quantitative estimate of drug-likeness (QED) is 0.648. The zero-order valence-corrected chi connectivity index (χ0v) is 13.4. The normalized spacial score (nSPS) is 12.2. The highest BCUT2D eigenvalue weighted by Gasteiger charge is 2.18. The molecule has 1 heterocycles. The van der Waals surface area contributed by atoms with Gasteiger partial charge in [0.15, 0.2) is 0 Å². The molecule has 0 radical (unpaired) electrons. The fourth-order valence-electron chi connectivity index (χ4n) is 1.42. The molecule has 0 aliphatic heterocycles. The third-order valence-corrected chi connectivity index (χ3v) is 4.18. The fraction of sp³-hybridized carbons (Fsp3) is 0.250. The average molecular weight is 356 g/mol. The minimum atomic E-state index is -0.329. The number of hydrogen-bond acceptors (Lipinski definition) is 5. The standard InChI is InChI=1S/C12H14BrN5OS/c1-7(20-12-17-16-8(2)18(12)14)11(19)15-10-5-3-9(13)4-6-10/h3-7H,14H2,1-2H3,(H,15,19). The van der Waals surface area contributed by atoms with Crippen molar-refractivity contribution < 1.29 is 4.79 Å². The van der Waals surface area contributed by atoms with Gasteiger partial charge in [0, 0.05) is 10.2 Å². The lowest BCUT2D eigenvalue weighted by Crippen LogP contribution is -2.23. The Hall–Kier alpha value is -1.54. The monoisotopic (exact) mass is 355 g/mol. The topological polar surface area (TPSA) is 85.8 Å². The first-order valence-corrected chi connectivity index (χ1v) is 7.55. The number of carbonyl (C=O) groups excluding carboxylic acids is 1. The lowest BCUT2D eigenvalue weighted by Gasteiger charge is -2.11. The van der Waals surface area contributed by atoms with Crippen molar-refractivity contribution in [3.05, 3.63) is 34.6 Å². The highest BCUT2D eigenvalue weighted by atomic mass is 79.9. The van der Waals surface area contributed by atoms with E-state index in [1.165, 1.54) is 16.4 Å². The van der Waals surface area contributed by atoms with Crippen molar-refractivity contribution in [1.82, 2.24) is 14.9 Å². The SMILES string of the molecule is Cc1nnc(SC(C)C(=O)Nc2ccc(Br)cc2)n1N. The molecule has 1 aromatic carbocycles. The van der Waals surface area contributed by atoms with Gasteiger partial charge >= 0.3 is 0 Å². The predicted octanol–water partition coefficient (Wildman–Crippen LogP) is 2.18. The Balaban J connectivity index is 1.98. The van der Waals surface area contributed by atoms with Crippen molar-refractivity contribution in [2.45, 2.75) is 24.3 Å². The van der Waals surface area contributed by atoms with E-state index in [9.17, 15) is 4.79 Å². The summed E-state index contributed by atoms with van der Waals surface area (Å²) >= 11 is 4.61.